The number of benzene rings is 1. The molecule has 3 nitrogen and oxygen atoms in total. The summed E-state index contributed by atoms with van der Waals surface area (Å²) in [6, 6.07) is 6.41. The summed E-state index contributed by atoms with van der Waals surface area (Å²) in [7, 11) is 0. The van der Waals surface area contributed by atoms with Gasteiger partial charge in [0.15, 0.2) is 5.58 Å². The third-order valence-corrected chi connectivity index (χ3v) is 3.34. The Balaban J connectivity index is 1.77. The molecule has 1 unspecified atom stereocenters. The van der Waals surface area contributed by atoms with Crippen molar-refractivity contribution in [3.05, 3.63) is 30.0 Å². The van der Waals surface area contributed by atoms with Gasteiger partial charge in [-0.1, -0.05) is 11.2 Å². The fourth-order valence-electron chi connectivity index (χ4n) is 2.46. The molecule has 1 aliphatic heterocycles. The third kappa shape index (κ3) is 1.95. The van der Waals surface area contributed by atoms with Crippen molar-refractivity contribution in [2.75, 3.05) is 13.1 Å². The number of hydrogen-bond donors (Lipinski definition) is 1. The highest BCUT2D eigenvalue weighted by Gasteiger charge is 2.13. The average molecular weight is 216 g/mol. The summed E-state index contributed by atoms with van der Waals surface area (Å²) >= 11 is 0. The van der Waals surface area contributed by atoms with E-state index in [0.717, 1.165) is 29.9 Å². The van der Waals surface area contributed by atoms with Crippen LogP contribution in [0.5, 0.6) is 0 Å². The van der Waals surface area contributed by atoms with Crippen LogP contribution in [0.25, 0.3) is 11.0 Å². The molecule has 0 aliphatic carbocycles. The van der Waals surface area contributed by atoms with E-state index in [1.54, 1.807) is 6.20 Å². The lowest BCUT2D eigenvalue weighted by molar-refractivity contribution is 0.376. The lowest BCUT2D eigenvalue weighted by atomic mass is 9.92. The van der Waals surface area contributed by atoms with E-state index in [1.807, 2.05) is 0 Å². The standard InChI is InChI=1S/C13H16N2O/c1-2-11(8-14-5-1)6-10-3-4-12-9-15-16-13(12)7-10/h3-4,7,9,11,14H,1-2,5-6,8H2. The highest BCUT2D eigenvalue weighted by atomic mass is 16.5. The van der Waals surface area contributed by atoms with Gasteiger partial charge in [0.25, 0.3) is 0 Å². The van der Waals surface area contributed by atoms with Crippen LogP contribution in [-0.2, 0) is 6.42 Å². The van der Waals surface area contributed by atoms with Gasteiger partial charge >= 0.3 is 0 Å². The number of hydrogen-bond acceptors (Lipinski definition) is 3. The van der Waals surface area contributed by atoms with Gasteiger partial charge in [-0.2, -0.15) is 0 Å². The molecule has 2 heterocycles. The number of nitrogens with one attached hydrogen (secondary N) is 1. The number of piperidine rings is 1. The smallest absolute Gasteiger partial charge is 0.167 e. The van der Waals surface area contributed by atoms with Gasteiger partial charge in [-0.05, 0) is 56.0 Å². The quantitative estimate of drug-likeness (QED) is 0.837. The van der Waals surface area contributed by atoms with Crippen LogP contribution >= 0.6 is 0 Å². The zero-order chi connectivity index (χ0) is 10.8. The summed E-state index contributed by atoms with van der Waals surface area (Å²) in [5.41, 5.74) is 2.26. The monoisotopic (exact) mass is 216 g/mol. The predicted octanol–water partition coefficient (Wildman–Crippen LogP) is 2.37. The molecule has 0 amide bonds. The molecule has 1 saturated heterocycles. The Labute approximate surface area is 94.8 Å². The van der Waals surface area contributed by atoms with E-state index in [1.165, 1.54) is 24.9 Å². The van der Waals surface area contributed by atoms with Crippen molar-refractivity contribution in [3.63, 3.8) is 0 Å². The molecular formula is C13H16N2O. The van der Waals surface area contributed by atoms with E-state index in [2.05, 4.69) is 28.7 Å². The average Bonchev–Trinajstić information content (AvgIpc) is 2.77. The molecule has 0 spiro atoms. The highest BCUT2D eigenvalue weighted by Crippen LogP contribution is 2.20. The molecular weight excluding hydrogens is 200 g/mol. The Morgan fingerprint density at radius 1 is 1.44 bits per heavy atom. The molecule has 16 heavy (non-hydrogen) atoms. The molecule has 3 rings (SSSR count). The minimum atomic E-state index is 0.772. The van der Waals surface area contributed by atoms with Gasteiger partial charge in [0.2, 0.25) is 0 Å². The Hall–Kier alpha value is -1.35. The van der Waals surface area contributed by atoms with Crippen LogP contribution in [-0.4, -0.2) is 18.2 Å². The van der Waals surface area contributed by atoms with Crippen LogP contribution < -0.4 is 5.32 Å². The summed E-state index contributed by atoms with van der Waals surface area (Å²) in [6.07, 6.45) is 5.54. The van der Waals surface area contributed by atoms with E-state index in [9.17, 15) is 0 Å². The van der Waals surface area contributed by atoms with Crippen LogP contribution in [0.15, 0.2) is 28.9 Å². The molecule has 0 radical (unpaired) electrons. The van der Waals surface area contributed by atoms with Crippen LogP contribution in [0.1, 0.15) is 18.4 Å². The lowest BCUT2D eigenvalue weighted by Gasteiger charge is -2.22. The number of nitrogens with zero attached hydrogens (tertiary/aromatic N) is 1. The van der Waals surface area contributed by atoms with E-state index in [4.69, 9.17) is 4.52 Å². The molecule has 1 atom stereocenters. The van der Waals surface area contributed by atoms with Crippen molar-refractivity contribution >= 4 is 11.0 Å². The topological polar surface area (TPSA) is 38.1 Å². The summed E-state index contributed by atoms with van der Waals surface area (Å²) in [4.78, 5) is 0. The molecule has 0 saturated carbocycles. The lowest BCUT2D eigenvalue weighted by Crippen LogP contribution is -2.30. The highest BCUT2D eigenvalue weighted by molar-refractivity contribution is 5.76. The zero-order valence-corrected chi connectivity index (χ0v) is 9.28. The van der Waals surface area contributed by atoms with E-state index in [0.29, 0.717) is 0 Å². The molecule has 1 aromatic carbocycles. The Morgan fingerprint density at radius 3 is 3.31 bits per heavy atom. The zero-order valence-electron chi connectivity index (χ0n) is 9.28. The van der Waals surface area contributed by atoms with Gasteiger partial charge in [-0.25, -0.2) is 0 Å². The van der Waals surface area contributed by atoms with Crippen molar-refractivity contribution in [3.8, 4) is 0 Å². The first-order valence-corrected chi connectivity index (χ1v) is 5.96. The number of fused-ring (bicyclic) bond motifs is 1. The van der Waals surface area contributed by atoms with Crippen LogP contribution in [0.4, 0.5) is 0 Å². The van der Waals surface area contributed by atoms with Crippen molar-refractivity contribution in [2.45, 2.75) is 19.3 Å². The second-order valence-corrected chi connectivity index (χ2v) is 4.61. The van der Waals surface area contributed by atoms with Gasteiger partial charge in [0.1, 0.15) is 0 Å². The molecule has 1 N–H and O–H groups in total. The third-order valence-electron chi connectivity index (χ3n) is 3.34. The van der Waals surface area contributed by atoms with Crippen molar-refractivity contribution in [2.24, 2.45) is 5.92 Å². The maximum absolute atomic E-state index is 5.18. The second-order valence-electron chi connectivity index (χ2n) is 4.61. The Morgan fingerprint density at radius 2 is 2.44 bits per heavy atom. The maximum Gasteiger partial charge on any atom is 0.167 e. The van der Waals surface area contributed by atoms with Gasteiger partial charge < -0.3 is 9.84 Å². The second kappa shape index (κ2) is 4.26. The molecule has 3 heteroatoms. The van der Waals surface area contributed by atoms with E-state index in [-0.39, 0.29) is 0 Å². The van der Waals surface area contributed by atoms with E-state index >= 15 is 0 Å². The summed E-state index contributed by atoms with van der Waals surface area (Å²) in [6.45, 7) is 2.33. The molecule has 1 aromatic heterocycles. The number of aromatic nitrogens is 1. The Bertz CT molecular complexity index is 471. The van der Waals surface area contributed by atoms with Crippen LogP contribution in [0.3, 0.4) is 0 Å². The SMILES string of the molecule is c1cc2cnoc2cc1CC1CCCNC1. The maximum atomic E-state index is 5.18. The Kier molecular flexibility index (Phi) is 2.62. The summed E-state index contributed by atoms with van der Waals surface area (Å²) in [5, 5.41) is 8.34. The molecule has 1 fully saturated rings. The largest absolute Gasteiger partial charge is 0.356 e. The first kappa shape index (κ1) is 9.85. The fourth-order valence-corrected chi connectivity index (χ4v) is 2.46. The molecule has 1 aliphatic rings. The van der Waals surface area contributed by atoms with Crippen molar-refractivity contribution in [1.82, 2.24) is 10.5 Å². The van der Waals surface area contributed by atoms with E-state index < -0.39 is 0 Å². The van der Waals surface area contributed by atoms with Crippen LogP contribution in [0.2, 0.25) is 0 Å². The van der Waals surface area contributed by atoms with Crippen molar-refractivity contribution < 1.29 is 4.52 Å². The summed E-state index contributed by atoms with van der Waals surface area (Å²) in [5.74, 6) is 0.772. The first-order valence-electron chi connectivity index (χ1n) is 5.96. The summed E-state index contributed by atoms with van der Waals surface area (Å²) < 4.78 is 5.18. The normalized spacial score (nSPS) is 21.4. The first-order chi connectivity index (χ1) is 7.92. The number of rotatable bonds is 2. The predicted molar refractivity (Wildman–Crippen MR) is 63.3 cm³/mol. The van der Waals surface area contributed by atoms with Crippen molar-refractivity contribution in [1.29, 1.82) is 0 Å². The fraction of sp³-hybridized carbons (Fsp3) is 0.462. The molecule has 2 aromatic rings. The minimum Gasteiger partial charge on any atom is -0.356 e. The van der Waals surface area contributed by atoms with Gasteiger partial charge in [0.05, 0.1) is 6.20 Å². The molecule has 84 valence electrons. The van der Waals surface area contributed by atoms with Gasteiger partial charge in [0, 0.05) is 5.39 Å². The van der Waals surface area contributed by atoms with Gasteiger partial charge in [-0.15, -0.1) is 0 Å². The van der Waals surface area contributed by atoms with Gasteiger partial charge in [-0.3, -0.25) is 0 Å². The minimum absolute atomic E-state index is 0.772. The van der Waals surface area contributed by atoms with Crippen LogP contribution in [0, 0.1) is 5.92 Å². The molecule has 0 bridgehead atoms.